The van der Waals surface area contributed by atoms with E-state index in [0.717, 1.165) is 139 Å². The minimum Gasteiger partial charge on any atom is -0.392 e. The standard InChI is InChI=1S/C45H86N4O8S2/c1-5-9-13-17-22-36(50)30-48(31-37(51)23-18-14-10-6-2)28-21-26-42(54)58-34-40-44(56)47-41(45(57)46-40)35-59-43(55)27-29-49(32-38(52)24-19-15-11-7-3)33-39(53)25-20-16-12-8-4/h36-41,50-53H,5-35H2,1-4H3,(H,46,57)(H,47,56). The molecule has 0 aromatic heterocycles. The van der Waals surface area contributed by atoms with Crippen molar-refractivity contribution < 1.29 is 39.6 Å². The Balaban J connectivity index is 2.55. The number of thioether (sulfide) groups is 2. The fourth-order valence-corrected chi connectivity index (χ4v) is 9.10. The molecule has 2 amide bonds. The van der Waals surface area contributed by atoms with Crippen LogP contribution < -0.4 is 10.6 Å². The summed E-state index contributed by atoms with van der Waals surface area (Å²) < 4.78 is 0. The Kier molecular flexibility index (Phi) is 34.3. The average Bonchev–Trinajstić information content (AvgIpc) is 3.20. The lowest BCUT2D eigenvalue weighted by Crippen LogP contribution is -2.63. The molecule has 0 saturated carbocycles. The zero-order valence-electron chi connectivity index (χ0n) is 37.5. The molecule has 346 valence electrons. The number of piperazine rings is 1. The molecule has 0 spiro atoms. The smallest absolute Gasteiger partial charge is 0.244 e. The molecule has 0 aliphatic carbocycles. The Morgan fingerprint density at radius 1 is 0.492 bits per heavy atom. The van der Waals surface area contributed by atoms with Gasteiger partial charge in [-0.1, -0.05) is 154 Å². The number of aliphatic hydroxyl groups is 4. The van der Waals surface area contributed by atoms with Crippen LogP contribution in [0.2, 0.25) is 0 Å². The third-order valence-corrected chi connectivity index (χ3v) is 13.1. The molecule has 12 nitrogen and oxygen atoms in total. The summed E-state index contributed by atoms with van der Waals surface area (Å²) in [6.45, 7) is 11.3. The zero-order chi connectivity index (χ0) is 43.7. The van der Waals surface area contributed by atoms with Crippen LogP contribution in [0.5, 0.6) is 0 Å². The van der Waals surface area contributed by atoms with Crippen molar-refractivity contribution in [2.24, 2.45) is 0 Å². The highest BCUT2D eigenvalue weighted by Gasteiger charge is 2.34. The van der Waals surface area contributed by atoms with E-state index >= 15 is 0 Å². The number of carbonyl (C=O) groups is 4. The Morgan fingerprint density at radius 2 is 0.814 bits per heavy atom. The molecule has 1 rings (SSSR count). The van der Waals surface area contributed by atoms with Gasteiger partial charge in [-0.15, -0.1) is 0 Å². The first-order valence-corrected chi connectivity index (χ1v) is 25.5. The summed E-state index contributed by atoms with van der Waals surface area (Å²) >= 11 is 2.01. The zero-order valence-corrected chi connectivity index (χ0v) is 39.2. The summed E-state index contributed by atoms with van der Waals surface area (Å²) in [6, 6.07) is -1.72. The minimum absolute atomic E-state index is 0.0856. The highest BCUT2D eigenvalue weighted by Crippen LogP contribution is 2.17. The van der Waals surface area contributed by atoms with Crippen LogP contribution in [0.1, 0.15) is 175 Å². The van der Waals surface area contributed by atoms with E-state index in [1.165, 1.54) is 0 Å². The largest absolute Gasteiger partial charge is 0.392 e. The normalized spacial score (nSPS) is 17.9. The Hall–Kier alpha value is -1.26. The van der Waals surface area contributed by atoms with Gasteiger partial charge in [0.25, 0.3) is 0 Å². The van der Waals surface area contributed by atoms with Crippen molar-refractivity contribution in [2.75, 3.05) is 50.8 Å². The fourth-order valence-electron chi connectivity index (χ4n) is 7.40. The maximum Gasteiger partial charge on any atom is 0.244 e. The number of nitrogens with one attached hydrogen (secondary N) is 2. The monoisotopic (exact) mass is 875 g/mol. The van der Waals surface area contributed by atoms with Crippen molar-refractivity contribution in [1.29, 1.82) is 0 Å². The van der Waals surface area contributed by atoms with E-state index in [-0.39, 0.29) is 46.4 Å². The van der Waals surface area contributed by atoms with Gasteiger partial charge in [-0.3, -0.25) is 29.0 Å². The van der Waals surface area contributed by atoms with E-state index in [2.05, 4.69) is 43.2 Å². The number of hydrogen-bond donors (Lipinski definition) is 6. The average molecular weight is 875 g/mol. The van der Waals surface area contributed by atoms with Gasteiger partial charge in [0.05, 0.1) is 24.4 Å². The van der Waals surface area contributed by atoms with Gasteiger partial charge in [-0.2, -0.15) is 0 Å². The summed E-state index contributed by atoms with van der Waals surface area (Å²) in [6.07, 6.45) is 19.1. The van der Waals surface area contributed by atoms with Gasteiger partial charge < -0.3 is 31.1 Å². The summed E-state index contributed by atoms with van der Waals surface area (Å²) in [4.78, 5) is 55.7. The third kappa shape index (κ3) is 29.6. The van der Waals surface area contributed by atoms with Crippen LogP contribution in [0.3, 0.4) is 0 Å². The molecule has 0 aromatic rings. The number of amides is 2. The van der Waals surface area contributed by atoms with Crippen LogP contribution in [-0.2, 0) is 19.2 Å². The summed E-state index contributed by atoms with van der Waals surface area (Å²) in [5, 5.41) is 48.1. The first kappa shape index (κ1) is 55.8. The van der Waals surface area contributed by atoms with Gasteiger partial charge in [-0.25, -0.2) is 0 Å². The van der Waals surface area contributed by atoms with E-state index in [1.807, 2.05) is 4.90 Å². The molecule has 59 heavy (non-hydrogen) atoms. The first-order valence-electron chi connectivity index (χ1n) is 23.5. The van der Waals surface area contributed by atoms with Crippen LogP contribution in [0.25, 0.3) is 0 Å². The van der Waals surface area contributed by atoms with Crippen molar-refractivity contribution >= 4 is 45.6 Å². The molecule has 14 heteroatoms. The number of carbonyl (C=O) groups excluding carboxylic acids is 4. The van der Waals surface area contributed by atoms with E-state index in [9.17, 15) is 39.6 Å². The van der Waals surface area contributed by atoms with Gasteiger partial charge in [0.1, 0.15) is 12.1 Å². The topological polar surface area (TPSA) is 180 Å². The van der Waals surface area contributed by atoms with Gasteiger partial charge in [-0.05, 0) is 38.6 Å². The van der Waals surface area contributed by atoms with Crippen LogP contribution in [0, 0.1) is 0 Å². The predicted molar refractivity (Wildman–Crippen MR) is 245 cm³/mol. The quantitative estimate of drug-likeness (QED) is 0.0366. The highest BCUT2D eigenvalue weighted by atomic mass is 32.2. The van der Waals surface area contributed by atoms with Crippen molar-refractivity contribution in [3.8, 4) is 0 Å². The second kappa shape index (κ2) is 36.2. The van der Waals surface area contributed by atoms with Crippen LogP contribution in [0.15, 0.2) is 0 Å². The van der Waals surface area contributed by atoms with Crippen LogP contribution >= 0.6 is 23.5 Å². The fraction of sp³-hybridized carbons (Fsp3) is 0.911. The lowest BCUT2D eigenvalue weighted by molar-refractivity contribution is -0.135. The second-order valence-electron chi connectivity index (χ2n) is 16.9. The van der Waals surface area contributed by atoms with E-state index in [1.54, 1.807) is 0 Å². The molecule has 1 heterocycles. The first-order chi connectivity index (χ1) is 28.4. The third-order valence-electron chi connectivity index (χ3n) is 11.0. The Bertz CT molecular complexity index is 1070. The van der Waals surface area contributed by atoms with E-state index in [0.29, 0.717) is 58.5 Å². The van der Waals surface area contributed by atoms with Crippen molar-refractivity contribution in [3.05, 3.63) is 0 Å². The number of hydrogen-bond acceptors (Lipinski definition) is 12. The van der Waals surface area contributed by atoms with Gasteiger partial charge in [0.15, 0.2) is 10.2 Å². The van der Waals surface area contributed by atoms with Crippen molar-refractivity contribution in [3.63, 3.8) is 0 Å². The van der Waals surface area contributed by atoms with Gasteiger partial charge in [0, 0.05) is 57.1 Å². The second-order valence-corrected chi connectivity index (χ2v) is 19.0. The maximum absolute atomic E-state index is 12.9. The molecule has 1 aliphatic rings. The SMILES string of the molecule is CCCCCCC(O)CN(CCCC(=O)SCC1NC(=O)C(CSC(=O)CCN(CC(O)CCCCCC)CC(O)CCCCCC)NC1=O)CC(O)CCCCCC. The molecule has 1 fully saturated rings. The van der Waals surface area contributed by atoms with Gasteiger partial charge in [0.2, 0.25) is 11.8 Å². The van der Waals surface area contributed by atoms with Crippen molar-refractivity contribution in [2.45, 2.75) is 212 Å². The molecule has 6 atom stereocenters. The molecule has 0 radical (unpaired) electrons. The summed E-state index contributed by atoms with van der Waals surface area (Å²) in [5.74, 6) is -0.579. The molecule has 6 N–H and O–H groups in total. The lowest BCUT2D eigenvalue weighted by Gasteiger charge is -2.29. The van der Waals surface area contributed by atoms with E-state index < -0.39 is 36.5 Å². The van der Waals surface area contributed by atoms with Crippen molar-refractivity contribution in [1.82, 2.24) is 20.4 Å². The van der Waals surface area contributed by atoms with Crippen LogP contribution in [-0.4, -0.2) is 140 Å². The molecule has 1 saturated heterocycles. The highest BCUT2D eigenvalue weighted by molar-refractivity contribution is 8.13. The summed E-state index contributed by atoms with van der Waals surface area (Å²) in [7, 11) is 0. The minimum atomic E-state index is -0.866. The van der Waals surface area contributed by atoms with Crippen LogP contribution in [0.4, 0.5) is 0 Å². The summed E-state index contributed by atoms with van der Waals surface area (Å²) in [5.41, 5.74) is 0. The Labute approximate surface area is 366 Å². The van der Waals surface area contributed by atoms with E-state index in [4.69, 9.17) is 0 Å². The number of aliphatic hydroxyl groups excluding tert-OH is 4. The molecule has 0 aromatic carbocycles. The number of rotatable bonds is 39. The number of nitrogens with zero attached hydrogens (tertiary/aromatic N) is 2. The lowest BCUT2D eigenvalue weighted by atomic mass is 10.1. The maximum atomic E-state index is 12.9. The predicted octanol–water partition coefficient (Wildman–Crippen LogP) is 6.59. The molecule has 6 unspecified atom stereocenters. The van der Waals surface area contributed by atoms with Gasteiger partial charge >= 0.3 is 0 Å². The Morgan fingerprint density at radius 3 is 1.15 bits per heavy atom. The molecule has 1 aliphatic heterocycles. The molecule has 0 bridgehead atoms. The molecular formula is C45H86N4O8S2. The number of unbranched alkanes of at least 4 members (excludes halogenated alkanes) is 12. The molecular weight excluding hydrogens is 789 g/mol.